The zero-order chi connectivity index (χ0) is 20.6. The van der Waals surface area contributed by atoms with Crippen molar-refractivity contribution in [2.75, 3.05) is 33.7 Å². The molecular formula is C21H25N5O3. The van der Waals surface area contributed by atoms with Gasteiger partial charge in [0.05, 0.1) is 39.3 Å². The summed E-state index contributed by atoms with van der Waals surface area (Å²) in [6.45, 7) is 0.524. The Morgan fingerprint density at radius 2 is 1.72 bits per heavy atom. The second kappa shape index (κ2) is 9.50. The number of nitrogens with one attached hydrogen (secondary N) is 2. The maximum Gasteiger partial charge on any atom is 0.195 e. The number of anilines is 1. The Balaban J connectivity index is 1.62. The molecule has 0 unspecified atom stereocenters. The molecule has 3 rings (SSSR count). The van der Waals surface area contributed by atoms with Gasteiger partial charge in [0.2, 0.25) is 0 Å². The van der Waals surface area contributed by atoms with E-state index in [0.717, 1.165) is 22.8 Å². The average Bonchev–Trinajstić information content (AvgIpc) is 3.25. The number of guanidine groups is 1. The van der Waals surface area contributed by atoms with Crippen LogP contribution in [0, 0.1) is 0 Å². The molecule has 152 valence electrons. The van der Waals surface area contributed by atoms with Crippen molar-refractivity contribution in [1.29, 1.82) is 0 Å². The van der Waals surface area contributed by atoms with Crippen molar-refractivity contribution < 1.29 is 14.2 Å². The van der Waals surface area contributed by atoms with Crippen LogP contribution in [0.4, 0.5) is 5.69 Å². The first-order valence-corrected chi connectivity index (χ1v) is 9.05. The lowest BCUT2D eigenvalue weighted by Gasteiger charge is -2.13. The first kappa shape index (κ1) is 20.1. The Labute approximate surface area is 170 Å². The van der Waals surface area contributed by atoms with E-state index in [-0.39, 0.29) is 0 Å². The van der Waals surface area contributed by atoms with Gasteiger partial charge in [-0.05, 0) is 42.5 Å². The van der Waals surface area contributed by atoms with Crippen LogP contribution in [0.1, 0.15) is 5.69 Å². The predicted octanol–water partition coefficient (Wildman–Crippen LogP) is 3.09. The van der Waals surface area contributed by atoms with Gasteiger partial charge in [0, 0.05) is 25.0 Å². The highest BCUT2D eigenvalue weighted by Crippen LogP contribution is 2.29. The second-order valence-electron chi connectivity index (χ2n) is 6.07. The summed E-state index contributed by atoms with van der Waals surface area (Å²) in [6, 6.07) is 15.3. The maximum absolute atomic E-state index is 5.33. The van der Waals surface area contributed by atoms with Crippen LogP contribution in [0.5, 0.6) is 17.2 Å². The average molecular weight is 395 g/mol. The highest BCUT2D eigenvalue weighted by molar-refractivity contribution is 5.93. The molecule has 0 aliphatic heterocycles. The largest absolute Gasteiger partial charge is 0.497 e. The number of aromatic nitrogens is 2. The third-order valence-corrected chi connectivity index (χ3v) is 4.29. The Hall–Kier alpha value is -3.68. The number of ether oxygens (including phenoxy) is 3. The molecule has 0 aliphatic carbocycles. The first-order valence-electron chi connectivity index (χ1n) is 9.05. The molecule has 0 saturated heterocycles. The van der Waals surface area contributed by atoms with Gasteiger partial charge < -0.3 is 24.8 Å². The van der Waals surface area contributed by atoms with Crippen LogP contribution in [-0.2, 0) is 6.54 Å². The molecular weight excluding hydrogens is 370 g/mol. The van der Waals surface area contributed by atoms with E-state index >= 15 is 0 Å². The summed E-state index contributed by atoms with van der Waals surface area (Å²) in [5.41, 5.74) is 2.68. The van der Waals surface area contributed by atoms with E-state index < -0.39 is 0 Å². The van der Waals surface area contributed by atoms with Crippen molar-refractivity contribution in [2.45, 2.75) is 6.54 Å². The van der Waals surface area contributed by atoms with E-state index in [1.807, 2.05) is 59.4 Å². The van der Waals surface area contributed by atoms with Gasteiger partial charge in [-0.1, -0.05) is 0 Å². The summed E-state index contributed by atoms with van der Waals surface area (Å²) in [4.78, 5) is 4.25. The molecule has 0 aliphatic rings. The van der Waals surface area contributed by atoms with Crippen molar-refractivity contribution in [2.24, 2.45) is 4.99 Å². The predicted molar refractivity (Wildman–Crippen MR) is 113 cm³/mol. The number of methoxy groups -OCH3 is 3. The van der Waals surface area contributed by atoms with Gasteiger partial charge in [-0.25, -0.2) is 4.68 Å². The fourth-order valence-electron chi connectivity index (χ4n) is 2.74. The van der Waals surface area contributed by atoms with Gasteiger partial charge in [0.25, 0.3) is 0 Å². The summed E-state index contributed by atoms with van der Waals surface area (Å²) < 4.78 is 17.6. The van der Waals surface area contributed by atoms with Crippen LogP contribution in [0.3, 0.4) is 0 Å². The van der Waals surface area contributed by atoms with Crippen LogP contribution < -0.4 is 24.8 Å². The molecule has 1 heterocycles. The molecule has 0 fully saturated rings. The van der Waals surface area contributed by atoms with Crippen LogP contribution in [0.25, 0.3) is 5.69 Å². The number of nitrogens with zero attached hydrogens (tertiary/aromatic N) is 3. The van der Waals surface area contributed by atoms with Crippen LogP contribution in [0.2, 0.25) is 0 Å². The summed E-state index contributed by atoms with van der Waals surface area (Å²) in [5.74, 6) is 2.75. The molecule has 8 heteroatoms. The van der Waals surface area contributed by atoms with Crippen LogP contribution in [-0.4, -0.2) is 44.1 Å². The monoisotopic (exact) mass is 395 g/mol. The molecule has 3 aromatic rings. The molecule has 2 N–H and O–H groups in total. The minimum absolute atomic E-state index is 0.524. The van der Waals surface area contributed by atoms with E-state index in [2.05, 4.69) is 20.7 Å². The fourth-order valence-corrected chi connectivity index (χ4v) is 2.74. The summed E-state index contributed by atoms with van der Waals surface area (Å²) >= 11 is 0. The Morgan fingerprint density at radius 3 is 2.38 bits per heavy atom. The Bertz CT molecular complexity index is 967. The highest BCUT2D eigenvalue weighted by Gasteiger charge is 2.07. The molecule has 0 spiro atoms. The molecule has 29 heavy (non-hydrogen) atoms. The zero-order valence-corrected chi connectivity index (χ0v) is 17.0. The SMILES string of the molecule is CN=C(NCc1ccn(-c2ccc(OC)cc2)n1)Nc1ccc(OC)c(OC)c1. The van der Waals surface area contributed by atoms with Gasteiger partial charge in [-0.2, -0.15) is 5.10 Å². The lowest BCUT2D eigenvalue weighted by atomic mass is 10.3. The lowest BCUT2D eigenvalue weighted by Crippen LogP contribution is -2.30. The van der Waals surface area contributed by atoms with E-state index in [1.54, 1.807) is 28.4 Å². The number of rotatable bonds is 7. The third-order valence-electron chi connectivity index (χ3n) is 4.29. The number of benzene rings is 2. The summed E-state index contributed by atoms with van der Waals surface area (Å²) in [6.07, 6.45) is 1.92. The molecule has 2 aromatic carbocycles. The van der Waals surface area contributed by atoms with E-state index in [4.69, 9.17) is 14.2 Å². The maximum atomic E-state index is 5.33. The van der Waals surface area contributed by atoms with Crippen molar-refractivity contribution >= 4 is 11.6 Å². The third kappa shape index (κ3) is 4.98. The first-order chi connectivity index (χ1) is 14.2. The van der Waals surface area contributed by atoms with Crippen molar-refractivity contribution in [1.82, 2.24) is 15.1 Å². The van der Waals surface area contributed by atoms with Crippen LogP contribution >= 0.6 is 0 Å². The molecule has 8 nitrogen and oxygen atoms in total. The number of hydrogen-bond donors (Lipinski definition) is 2. The Morgan fingerprint density at radius 1 is 0.966 bits per heavy atom. The van der Waals surface area contributed by atoms with Gasteiger partial charge in [0.1, 0.15) is 5.75 Å². The van der Waals surface area contributed by atoms with Gasteiger partial charge in [-0.15, -0.1) is 0 Å². The molecule has 1 aromatic heterocycles. The minimum atomic E-state index is 0.524. The summed E-state index contributed by atoms with van der Waals surface area (Å²) in [5, 5.41) is 11.1. The van der Waals surface area contributed by atoms with Crippen molar-refractivity contribution in [3.8, 4) is 22.9 Å². The Kier molecular flexibility index (Phi) is 6.57. The van der Waals surface area contributed by atoms with Gasteiger partial charge in [-0.3, -0.25) is 4.99 Å². The quantitative estimate of drug-likeness (QED) is 0.473. The van der Waals surface area contributed by atoms with Crippen LogP contribution in [0.15, 0.2) is 59.7 Å². The number of aliphatic imine (C=N–C) groups is 1. The van der Waals surface area contributed by atoms with Crippen molar-refractivity contribution in [3.63, 3.8) is 0 Å². The van der Waals surface area contributed by atoms with Crippen molar-refractivity contribution in [3.05, 3.63) is 60.4 Å². The normalized spacial score (nSPS) is 11.1. The minimum Gasteiger partial charge on any atom is -0.497 e. The van der Waals surface area contributed by atoms with Gasteiger partial charge >= 0.3 is 0 Å². The standard InChI is InChI=1S/C21H25N5O3/c1-22-21(24-15-5-10-19(28-3)20(13-15)29-4)23-14-16-11-12-26(25-16)17-6-8-18(27-2)9-7-17/h5-13H,14H2,1-4H3,(H2,22,23,24). The van der Waals surface area contributed by atoms with E-state index in [0.29, 0.717) is 24.0 Å². The highest BCUT2D eigenvalue weighted by atomic mass is 16.5. The van der Waals surface area contributed by atoms with E-state index in [9.17, 15) is 0 Å². The lowest BCUT2D eigenvalue weighted by molar-refractivity contribution is 0.355. The van der Waals surface area contributed by atoms with E-state index in [1.165, 1.54) is 0 Å². The molecule has 0 radical (unpaired) electrons. The second-order valence-corrected chi connectivity index (χ2v) is 6.07. The molecule has 0 amide bonds. The molecule has 0 bridgehead atoms. The summed E-state index contributed by atoms with van der Waals surface area (Å²) in [7, 11) is 6.58. The number of hydrogen-bond acceptors (Lipinski definition) is 5. The zero-order valence-electron chi connectivity index (χ0n) is 17.0. The fraction of sp³-hybridized carbons (Fsp3) is 0.238. The topological polar surface area (TPSA) is 81.9 Å². The molecule has 0 atom stereocenters. The smallest absolute Gasteiger partial charge is 0.195 e. The molecule has 0 saturated carbocycles. The van der Waals surface area contributed by atoms with Gasteiger partial charge in [0.15, 0.2) is 17.5 Å².